The third kappa shape index (κ3) is 4.66. The summed E-state index contributed by atoms with van der Waals surface area (Å²) in [5, 5.41) is 0. The van der Waals surface area contributed by atoms with Crippen LogP contribution in [0.5, 0.6) is 0 Å². The number of unbranched alkanes of at least 4 members (excludes halogenated alkanes) is 1. The summed E-state index contributed by atoms with van der Waals surface area (Å²) in [5.74, 6) is 0. The quantitative estimate of drug-likeness (QED) is 0.474. The fourth-order valence-electron chi connectivity index (χ4n) is 1.06. The number of primary amides is 1. The fraction of sp³-hybridized carbons (Fsp3) is 0.857. The molecule has 1 unspecified atom stereocenters. The molecule has 13 heavy (non-hydrogen) atoms. The highest BCUT2D eigenvalue weighted by atomic mass is 17.3. The van der Waals surface area contributed by atoms with Gasteiger partial charge in [0.05, 0.1) is 12.6 Å². The molecule has 0 aliphatic carbocycles. The summed E-state index contributed by atoms with van der Waals surface area (Å²) in [6.45, 7) is 0.945. The van der Waals surface area contributed by atoms with E-state index in [0.29, 0.717) is 13.2 Å². The molecular weight excluding hydrogens is 176 g/mol. The van der Waals surface area contributed by atoms with E-state index in [1.807, 2.05) is 0 Å². The van der Waals surface area contributed by atoms with Crippen LogP contribution in [0.15, 0.2) is 0 Å². The molecule has 1 aliphatic heterocycles. The van der Waals surface area contributed by atoms with Crippen molar-refractivity contribution in [2.75, 3.05) is 13.2 Å². The number of hydroxylamine groups is 1. The van der Waals surface area contributed by atoms with Crippen molar-refractivity contribution < 1.29 is 19.4 Å². The molecule has 3 N–H and O–H groups in total. The Kier molecular flexibility index (Phi) is 4.52. The lowest BCUT2D eigenvalue weighted by atomic mass is 10.1. The van der Waals surface area contributed by atoms with Gasteiger partial charge in [-0.2, -0.15) is 5.48 Å². The molecule has 1 saturated heterocycles. The van der Waals surface area contributed by atoms with Crippen LogP contribution >= 0.6 is 0 Å². The molecule has 1 amide bonds. The van der Waals surface area contributed by atoms with E-state index in [2.05, 4.69) is 20.1 Å². The van der Waals surface area contributed by atoms with Gasteiger partial charge in [-0.05, 0) is 19.3 Å². The van der Waals surface area contributed by atoms with Crippen LogP contribution in [0.4, 0.5) is 4.79 Å². The zero-order chi connectivity index (χ0) is 9.52. The Morgan fingerprint density at radius 2 is 2.46 bits per heavy atom. The highest BCUT2D eigenvalue weighted by Gasteiger charge is 2.15. The van der Waals surface area contributed by atoms with Crippen LogP contribution < -0.4 is 11.2 Å². The van der Waals surface area contributed by atoms with Crippen LogP contribution in [-0.4, -0.2) is 25.3 Å². The zero-order valence-corrected chi connectivity index (χ0v) is 7.32. The standard InChI is InChI=1S/C7H14N2O4/c8-7(10)11-4-2-1-3-6-5-12-13-9-6/h6,9H,1-5H2,(H2,8,10). The van der Waals surface area contributed by atoms with E-state index in [0.717, 1.165) is 19.3 Å². The molecule has 76 valence electrons. The third-order valence-electron chi connectivity index (χ3n) is 1.73. The summed E-state index contributed by atoms with van der Waals surface area (Å²) < 4.78 is 4.56. The van der Waals surface area contributed by atoms with Crippen LogP contribution in [0.3, 0.4) is 0 Å². The molecule has 6 nitrogen and oxygen atoms in total. The number of amides is 1. The molecule has 6 heteroatoms. The molecule has 1 fully saturated rings. The van der Waals surface area contributed by atoms with Crippen molar-refractivity contribution in [3.05, 3.63) is 0 Å². The van der Waals surface area contributed by atoms with Crippen molar-refractivity contribution in [1.82, 2.24) is 5.48 Å². The van der Waals surface area contributed by atoms with Gasteiger partial charge in [-0.25, -0.2) is 9.68 Å². The minimum atomic E-state index is -0.717. The van der Waals surface area contributed by atoms with Crippen LogP contribution in [0.25, 0.3) is 0 Å². The van der Waals surface area contributed by atoms with Gasteiger partial charge in [-0.1, -0.05) is 0 Å². The predicted octanol–water partition coefficient (Wildman–Crippen LogP) is 0.0870. The van der Waals surface area contributed by atoms with E-state index in [1.165, 1.54) is 0 Å². The predicted molar refractivity (Wildman–Crippen MR) is 43.3 cm³/mol. The monoisotopic (exact) mass is 190 g/mol. The fourth-order valence-corrected chi connectivity index (χ4v) is 1.06. The van der Waals surface area contributed by atoms with Gasteiger partial charge in [0.25, 0.3) is 0 Å². The van der Waals surface area contributed by atoms with E-state index in [1.54, 1.807) is 0 Å². The first-order valence-electron chi connectivity index (χ1n) is 4.25. The lowest BCUT2D eigenvalue weighted by Crippen LogP contribution is -2.22. The molecule has 0 aromatic carbocycles. The van der Waals surface area contributed by atoms with Gasteiger partial charge >= 0.3 is 6.09 Å². The Morgan fingerprint density at radius 1 is 1.62 bits per heavy atom. The summed E-state index contributed by atoms with van der Waals surface area (Å²) in [6, 6.07) is 0.244. The minimum Gasteiger partial charge on any atom is -0.450 e. The van der Waals surface area contributed by atoms with Gasteiger partial charge in [-0.15, -0.1) is 4.99 Å². The molecule has 0 spiro atoms. The number of nitrogens with one attached hydrogen (secondary N) is 1. The second-order valence-corrected chi connectivity index (χ2v) is 2.85. The molecule has 1 aliphatic rings. The normalized spacial score (nSPS) is 21.7. The first-order valence-corrected chi connectivity index (χ1v) is 4.25. The topological polar surface area (TPSA) is 82.8 Å². The molecule has 0 aromatic rings. The first-order chi connectivity index (χ1) is 6.29. The largest absolute Gasteiger partial charge is 0.450 e. The lowest BCUT2D eigenvalue weighted by molar-refractivity contribution is -0.286. The van der Waals surface area contributed by atoms with E-state index < -0.39 is 6.09 Å². The van der Waals surface area contributed by atoms with Gasteiger partial charge in [0.15, 0.2) is 0 Å². The van der Waals surface area contributed by atoms with Crippen LogP contribution in [-0.2, 0) is 14.6 Å². The molecule has 1 atom stereocenters. The second kappa shape index (κ2) is 5.74. The molecule has 0 bridgehead atoms. The van der Waals surface area contributed by atoms with Crippen LogP contribution in [0.2, 0.25) is 0 Å². The number of rotatable bonds is 5. The van der Waals surface area contributed by atoms with Crippen molar-refractivity contribution in [3.63, 3.8) is 0 Å². The summed E-state index contributed by atoms with van der Waals surface area (Å²) in [4.78, 5) is 19.3. The third-order valence-corrected chi connectivity index (χ3v) is 1.73. The number of ether oxygens (including phenoxy) is 1. The molecule has 1 heterocycles. The number of nitrogens with two attached hydrogens (primary N) is 1. The van der Waals surface area contributed by atoms with E-state index >= 15 is 0 Å². The van der Waals surface area contributed by atoms with E-state index in [4.69, 9.17) is 5.73 Å². The van der Waals surface area contributed by atoms with Gasteiger partial charge in [0.1, 0.15) is 6.61 Å². The van der Waals surface area contributed by atoms with Gasteiger partial charge in [0, 0.05) is 0 Å². The SMILES string of the molecule is NC(=O)OCCCCC1COON1. The molecule has 1 rings (SSSR count). The van der Waals surface area contributed by atoms with Crippen molar-refractivity contribution in [1.29, 1.82) is 0 Å². The van der Waals surface area contributed by atoms with Crippen LogP contribution in [0.1, 0.15) is 19.3 Å². The number of hydrogen-bond donors (Lipinski definition) is 2. The Balaban J connectivity index is 1.86. The number of carbonyl (C=O) groups is 1. The van der Waals surface area contributed by atoms with E-state index in [-0.39, 0.29) is 6.04 Å². The van der Waals surface area contributed by atoms with Crippen molar-refractivity contribution in [2.45, 2.75) is 25.3 Å². The number of carbonyl (C=O) groups excluding carboxylic acids is 1. The van der Waals surface area contributed by atoms with Gasteiger partial charge in [0.2, 0.25) is 0 Å². The molecule has 0 radical (unpaired) electrons. The Morgan fingerprint density at radius 3 is 3.08 bits per heavy atom. The zero-order valence-electron chi connectivity index (χ0n) is 7.32. The Hall–Kier alpha value is -0.850. The molecule has 0 aromatic heterocycles. The molecule has 0 saturated carbocycles. The van der Waals surface area contributed by atoms with E-state index in [9.17, 15) is 4.79 Å². The summed E-state index contributed by atoms with van der Waals surface area (Å²) in [6.07, 6.45) is 1.96. The lowest BCUT2D eigenvalue weighted by Gasteiger charge is -2.05. The average molecular weight is 190 g/mol. The summed E-state index contributed by atoms with van der Waals surface area (Å²) in [5.41, 5.74) is 7.48. The summed E-state index contributed by atoms with van der Waals surface area (Å²) >= 11 is 0. The Labute approximate surface area is 76.2 Å². The second-order valence-electron chi connectivity index (χ2n) is 2.85. The van der Waals surface area contributed by atoms with Crippen molar-refractivity contribution in [2.24, 2.45) is 5.73 Å². The van der Waals surface area contributed by atoms with Crippen LogP contribution in [0, 0.1) is 0 Å². The number of hydrogen-bond acceptors (Lipinski definition) is 5. The van der Waals surface area contributed by atoms with Gasteiger partial charge < -0.3 is 10.5 Å². The maximum Gasteiger partial charge on any atom is 0.404 e. The highest BCUT2D eigenvalue weighted by Crippen LogP contribution is 2.06. The maximum absolute atomic E-state index is 10.2. The smallest absolute Gasteiger partial charge is 0.404 e. The highest BCUT2D eigenvalue weighted by molar-refractivity contribution is 5.64. The average Bonchev–Trinajstić information content (AvgIpc) is 2.55. The van der Waals surface area contributed by atoms with Crippen molar-refractivity contribution in [3.8, 4) is 0 Å². The summed E-state index contributed by atoms with van der Waals surface area (Å²) in [7, 11) is 0. The van der Waals surface area contributed by atoms with Crippen molar-refractivity contribution >= 4 is 6.09 Å². The molecular formula is C7H14N2O4. The minimum absolute atomic E-state index is 0.244. The maximum atomic E-state index is 10.2. The Bertz CT molecular complexity index is 159. The van der Waals surface area contributed by atoms with Gasteiger partial charge in [-0.3, -0.25) is 0 Å². The first kappa shape index (κ1) is 10.2.